The Bertz CT molecular complexity index is 501. The van der Waals surface area contributed by atoms with Gasteiger partial charge in [0.1, 0.15) is 0 Å². The second-order valence-corrected chi connectivity index (χ2v) is 6.31. The zero-order valence-electron chi connectivity index (χ0n) is 12.1. The van der Waals surface area contributed by atoms with Crippen LogP contribution in [0.5, 0.6) is 0 Å². The van der Waals surface area contributed by atoms with Crippen molar-refractivity contribution in [3.8, 4) is 0 Å². The maximum Gasteiger partial charge on any atom is 0.237 e. The van der Waals surface area contributed by atoms with Crippen LogP contribution in [0.25, 0.3) is 0 Å². The van der Waals surface area contributed by atoms with Gasteiger partial charge in [-0.1, -0.05) is 23.2 Å². The molecule has 0 radical (unpaired) electrons. The highest BCUT2D eigenvalue weighted by molar-refractivity contribution is 6.34. The number of nitrogens with one attached hydrogen (secondary N) is 1. The van der Waals surface area contributed by atoms with Crippen LogP contribution >= 0.6 is 23.2 Å². The minimum absolute atomic E-state index is 0.0619. The zero-order chi connectivity index (χ0) is 16.1. The number of rotatable bonds is 5. The van der Waals surface area contributed by atoms with E-state index in [1.807, 2.05) is 0 Å². The van der Waals surface area contributed by atoms with Crippen LogP contribution in [-0.2, 0) is 9.53 Å². The molecule has 0 bridgehead atoms. The topological polar surface area (TPSA) is 84.6 Å². The van der Waals surface area contributed by atoms with Crippen molar-refractivity contribution in [3.05, 3.63) is 33.8 Å². The second kappa shape index (κ2) is 8.13. The van der Waals surface area contributed by atoms with Gasteiger partial charge in [-0.2, -0.15) is 0 Å². The van der Waals surface area contributed by atoms with Crippen molar-refractivity contribution in [3.63, 3.8) is 0 Å². The van der Waals surface area contributed by atoms with Crippen LogP contribution in [-0.4, -0.2) is 36.8 Å². The normalized spacial score (nSPS) is 18.7. The summed E-state index contributed by atoms with van der Waals surface area (Å²) in [7, 11) is 0. The van der Waals surface area contributed by atoms with Crippen LogP contribution in [0, 0.1) is 5.92 Å². The summed E-state index contributed by atoms with van der Waals surface area (Å²) in [6.07, 6.45) is 0.671. The summed E-state index contributed by atoms with van der Waals surface area (Å²) >= 11 is 11.8. The molecule has 1 heterocycles. The Morgan fingerprint density at radius 3 is 2.50 bits per heavy atom. The summed E-state index contributed by atoms with van der Waals surface area (Å²) in [5.74, 6) is -0.148. The Hall–Kier alpha value is -0.850. The molecule has 2 unspecified atom stereocenters. The number of ether oxygens (including phenoxy) is 1. The summed E-state index contributed by atoms with van der Waals surface area (Å²) in [5, 5.41) is 13.7. The monoisotopic (exact) mass is 346 g/mol. The molecule has 22 heavy (non-hydrogen) atoms. The molecule has 4 N–H and O–H groups in total. The van der Waals surface area contributed by atoms with E-state index in [1.54, 1.807) is 18.2 Å². The van der Waals surface area contributed by atoms with Crippen LogP contribution in [0.2, 0.25) is 10.0 Å². The maximum atomic E-state index is 12.1. The average molecular weight is 347 g/mol. The number of hydrogen-bond acceptors (Lipinski definition) is 4. The van der Waals surface area contributed by atoms with E-state index in [-0.39, 0.29) is 18.4 Å². The zero-order valence-corrected chi connectivity index (χ0v) is 13.6. The number of benzene rings is 1. The highest BCUT2D eigenvalue weighted by Gasteiger charge is 2.26. The maximum absolute atomic E-state index is 12.1. The molecule has 0 aliphatic carbocycles. The van der Waals surface area contributed by atoms with E-state index >= 15 is 0 Å². The molecule has 1 aliphatic rings. The van der Waals surface area contributed by atoms with Gasteiger partial charge in [-0.05, 0) is 42.5 Å². The summed E-state index contributed by atoms with van der Waals surface area (Å²) in [5.41, 5.74) is 6.53. The van der Waals surface area contributed by atoms with Crippen LogP contribution in [0.15, 0.2) is 18.2 Å². The number of amides is 1. The van der Waals surface area contributed by atoms with Crippen LogP contribution in [0.4, 0.5) is 0 Å². The quantitative estimate of drug-likeness (QED) is 0.760. The Morgan fingerprint density at radius 1 is 1.32 bits per heavy atom. The van der Waals surface area contributed by atoms with Gasteiger partial charge in [0, 0.05) is 29.8 Å². The number of aliphatic hydroxyl groups excluding tert-OH is 1. The first-order chi connectivity index (χ1) is 10.5. The molecule has 2 rings (SSSR count). The Morgan fingerprint density at radius 2 is 1.91 bits per heavy atom. The number of carbonyl (C=O) groups is 1. The molecule has 5 nitrogen and oxygen atoms in total. The third-order valence-corrected chi connectivity index (χ3v) is 4.25. The molecular weight excluding hydrogens is 327 g/mol. The van der Waals surface area contributed by atoms with E-state index in [0.29, 0.717) is 28.8 Å². The molecular formula is C15H20Cl2N2O3. The standard InChI is InChI=1S/C15H20Cl2N2O3/c16-11-5-10(6-12(17)7-11)13(20)8-19-15(21)14(18)9-1-3-22-4-2-9/h5-7,9,13-14,20H,1-4,8,18H2,(H,19,21). The minimum Gasteiger partial charge on any atom is -0.387 e. The first-order valence-corrected chi connectivity index (χ1v) is 7.98. The Labute approximate surface area is 139 Å². The van der Waals surface area contributed by atoms with E-state index in [2.05, 4.69) is 5.32 Å². The fraction of sp³-hybridized carbons (Fsp3) is 0.533. The van der Waals surface area contributed by atoms with Crippen molar-refractivity contribution < 1.29 is 14.6 Å². The average Bonchev–Trinajstić information content (AvgIpc) is 2.51. The molecule has 1 saturated heterocycles. The molecule has 1 fully saturated rings. The van der Waals surface area contributed by atoms with Crippen molar-refractivity contribution in [2.75, 3.05) is 19.8 Å². The van der Waals surface area contributed by atoms with Gasteiger partial charge in [0.2, 0.25) is 5.91 Å². The van der Waals surface area contributed by atoms with Crippen molar-refractivity contribution >= 4 is 29.1 Å². The lowest BCUT2D eigenvalue weighted by molar-refractivity contribution is -0.124. The van der Waals surface area contributed by atoms with Gasteiger partial charge < -0.3 is 20.9 Å². The largest absolute Gasteiger partial charge is 0.387 e. The molecule has 0 aromatic heterocycles. The van der Waals surface area contributed by atoms with Gasteiger partial charge in [-0.25, -0.2) is 0 Å². The number of carbonyl (C=O) groups excluding carboxylic acids is 1. The van der Waals surface area contributed by atoms with Crippen molar-refractivity contribution in [1.82, 2.24) is 5.32 Å². The van der Waals surface area contributed by atoms with Gasteiger partial charge in [-0.15, -0.1) is 0 Å². The van der Waals surface area contributed by atoms with Gasteiger partial charge >= 0.3 is 0 Å². The number of hydrogen-bond donors (Lipinski definition) is 3. The number of nitrogens with two attached hydrogens (primary N) is 1. The lowest BCUT2D eigenvalue weighted by Gasteiger charge is -2.27. The summed E-state index contributed by atoms with van der Waals surface area (Å²) < 4.78 is 5.26. The lowest BCUT2D eigenvalue weighted by atomic mass is 9.92. The van der Waals surface area contributed by atoms with E-state index in [4.69, 9.17) is 33.7 Å². The summed E-state index contributed by atoms with van der Waals surface area (Å²) in [6.45, 7) is 1.33. The molecule has 1 amide bonds. The van der Waals surface area contributed by atoms with E-state index in [0.717, 1.165) is 12.8 Å². The minimum atomic E-state index is -0.887. The van der Waals surface area contributed by atoms with Crippen molar-refractivity contribution in [1.29, 1.82) is 0 Å². The second-order valence-electron chi connectivity index (χ2n) is 5.44. The van der Waals surface area contributed by atoms with Crippen molar-refractivity contribution in [2.24, 2.45) is 11.7 Å². The van der Waals surface area contributed by atoms with Crippen LogP contribution in [0.3, 0.4) is 0 Å². The molecule has 1 aromatic carbocycles. The molecule has 0 saturated carbocycles. The van der Waals surface area contributed by atoms with Gasteiger partial charge in [0.05, 0.1) is 12.1 Å². The van der Waals surface area contributed by atoms with E-state index < -0.39 is 12.1 Å². The predicted molar refractivity (Wildman–Crippen MR) is 85.9 cm³/mol. The fourth-order valence-electron chi connectivity index (χ4n) is 2.49. The summed E-state index contributed by atoms with van der Waals surface area (Å²) in [6, 6.07) is 4.23. The Kier molecular flexibility index (Phi) is 6.47. The SMILES string of the molecule is NC(C(=O)NCC(O)c1cc(Cl)cc(Cl)c1)C1CCOCC1. The first-order valence-electron chi connectivity index (χ1n) is 7.22. The predicted octanol–water partition coefficient (Wildman–Crippen LogP) is 1.90. The van der Waals surface area contributed by atoms with Crippen LogP contribution < -0.4 is 11.1 Å². The van der Waals surface area contributed by atoms with E-state index in [9.17, 15) is 9.90 Å². The first kappa shape index (κ1) is 17.5. The molecule has 122 valence electrons. The highest BCUT2D eigenvalue weighted by atomic mass is 35.5. The fourth-order valence-corrected chi connectivity index (χ4v) is 3.03. The van der Waals surface area contributed by atoms with E-state index in [1.165, 1.54) is 0 Å². The molecule has 2 atom stereocenters. The summed E-state index contributed by atoms with van der Waals surface area (Å²) in [4.78, 5) is 12.1. The van der Waals surface area contributed by atoms with Gasteiger partial charge in [0.15, 0.2) is 0 Å². The molecule has 0 spiro atoms. The highest BCUT2D eigenvalue weighted by Crippen LogP contribution is 2.23. The lowest BCUT2D eigenvalue weighted by Crippen LogP contribution is -2.47. The van der Waals surface area contributed by atoms with Crippen LogP contribution in [0.1, 0.15) is 24.5 Å². The number of halogens is 2. The smallest absolute Gasteiger partial charge is 0.237 e. The molecule has 1 aliphatic heterocycles. The third kappa shape index (κ3) is 4.83. The molecule has 1 aromatic rings. The molecule has 7 heteroatoms. The van der Waals surface area contributed by atoms with Gasteiger partial charge in [-0.3, -0.25) is 4.79 Å². The van der Waals surface area contributed by atoms with Gasteiger partial charge in [0.25, 0.3) is 0 Å². The van der Waals surface area contributed by atoms with Crippen molar-refractivity contribution in [2.45, 2.75) is 25.0 Å². The third-order valence-electron chi connectivity index (χ3n) is 3.82. The Balaban J connectivity index is 1.86. The number of aliphatic hydroxyl groups is 1.